The number of amides is 1. The molecular formula is C25H17Cl2F3N4O3. The molecule has 0 aliphatic heterocycles. The molecule has 2 aromatic carbocycles. The third-order valence-electron chi connectivity index (χ3n) is 5.48. The predicted molar refractivity (Wildman–Crippen MR) is 131 cm³/mol. The third-order valence-corrected chi connectivity index (χ3v) is 6.11. The summed E-state index contributed by atoms with van der Waals surface area (Å²) >= 11 is 12.2. The van der Waals surface area contributed by atoms with E-state index < -0.39 is 29.8 Å². The van der Waals surface area contributed by atoms with Crippen molar-refractivity contribution >= 4 is 46.0 Å². The van der Waals surface area contributed by atoms with Crippen molar-refractivity contribution in [3.05, 3.63) is 87.9 Å². The molecule has 7 nitrogen and oxygen atoms in total. The van der Waals surface area contributed by atoms with Gasteiger partial charge in [-0.15, -0.1) is 0 Å². The summed E-state index contributed by atoms with van der Waals surface area (Å²) < 4.78 is 45.7. The van der Waals surface area contributed by atoms with E-state index in [1.165, 1.54) is 36.7 Å². The number of alkyl halides is 3. The molecule has 0 aliphatic carbocycles. The van der Waals surface area contributed by atoms with Crippen LogP contribution in [0.5, 0.6) is 0 Å². The number of pyridine rings is 1. The van der Waals surface area contributed by atoms with Gasteiger partial charge in [0.2, 0.25) is 0 Å². The predicted octanol–water partition coefficient (Wildman–Crippen LogP) is 5.53. The van der Waals surface area contributed by atoms with E-state index in [9.17, 15) is 22.8 Å². The summed E-state index contributed by atoms with van der Waals surface area (Å²) in [5, 5.41) is 3.11. The van der Waals surface area contributed by atoms with Crippen LogP contribution in [0.1, 0.15) is 21.6 Å². The van der Waals surface area contributed by atoms with Crippen LogP contribution in [0.15, 0.2) is 61.1 Å². The number of esters is 1. The fraction of sp³-hybridized carbons (Fsp3) is 0.160. The Balaban J connectivity index is 1.75. The first-order valence-corrected chi connectivity index (χ1v) is 11.4. The lowest BCUT2D eigenvalue weighted by Crippen LogP contribution is -2.43. The molecule has 1 atom stereocenters. The van der Waals surface area contributed by atoms with Gasteiger partial charge in [0.15, 0.2) is 5.69 Å². The van der Waals surface area contributed by atoms with Crippen molar-refractivity contribution in [2.45, 2.75) is 18.6 Å². The number of fused-ring (bicyclic) bond motifs is 1. The number of benzene rings is 2. The maximum Gasteiger partial charge on any atom is 0.435 e. The molecule has 0 spiro atoms. The average Bonchev–Trinajstić information content (AvgIpc) is 2.87. The first-order valence-electron chi connectivity index (χ1n) is 10.7. The fourth-order valence-electron chi connectivity index (χ4n) is 3.85. The number of methoxy groups -OCH3 is 1. The van der Waals surface area contributed by atoms with Gasteiger partial charge in [0.25, 0.3) is 5.91 Å². The Morgan fingerprint density at radius 1 is 0.973 bits per heavy atom. The molecule has 0 saturated heterocycles. The third kappa shape index (κ3) is 5.50. The minimum Gasteiger partial charge on any atom is -0.467 e. The molecule has 1 N–H and O–H groups in total. The van der Waals surface area contributed by atoms with Crippen LogP contribution in [0.3, 0.4) is 0 Å². The van der Waals surface area contributed by atoms with Crippen LogP contribution in [0, 0.1) is 0 Å². The van der Waals surface area contributed by atoms with E-state index in [2.05, 4.69) is 20.3 Å². The molecule has 0 radical (unpaired) electrons. The molecule has 0 saturated carbocycles. The molecule has 0 unspecified atom stereocenters. The summed E-state index contributed by atoms with van der Waals surface area (Å²) in [7, 11) is 1.16. The van der Waals surface area contributed by atoms with Crippen molar-refractivity contribution in [3.63, 3.8) is 0 Å². The zero-order valence-electron chi connectivity index (χ0n) is 19.0. The van der Waals surface area contributed by atoms with Crippen molar-refractivity contribution in [3.8, 4) is 11.3 Å². The van der Waals surface area contributed by atoms with Crippen LogP contribution in [-0.2, 0) is 22.1 Å². The van der Waals surface area contributed by atoms with Crippen LogP contribution in [-0.4, -0.2) is 40.0 Å². The Kier molecular flexibility index (Phi) is 7.60. The van der Waals surface area contributed by atoms with Gasteiger partial charge in [-0.1, -0.05) is 47.5 Å². The first kappa shape index (κ1) is 26.3. The van der Waals surface area contributed by atoms with Gasteiger partial charge >= 0.3 is 12.1 Å². The Morgan fingerprint density at radius 3 is 2.35 bits per heavy atom. The number of ether oxygens (including phenoxy) is 1. The minimum atomic E-state index is -4.73. The van der Waals surface area contributed by atoms with E-state index in [-0.39, 0.29) is 33.3 Å². The Bertz CT molecular complexity index is 1480. The summed E-state index contributed by atoms with van der Waals surface area (Å²) in [6.07, 6.45) is -1.20. The zero-order chi connectivity index (χ0) is 26.7. The molecule has 12 heteroatoms. The highest BCUT2D eigenvalue weighted by atomic mass is 35.5. The van der Waals surface area contributed by atoms with Crippen LogP contribution < -0.4 is 5.32 Å². The Labute approximate surface area is 218 Å². The van der Waals surface area contributed by atoms with E-state index >= 15 is 0 Å². The number of hydrogen-bond acceptors (Lipinski definition) is 6. The number of carbonyl (C=O) groups is 2. The highest BCUT2D eigenvalue weighted by Crippen LogP contribution is 2.37. The summed E-state index contributed by atoms with van der Waals surface area (Å²) in [6.45, 7) is 0. The maximum absolute atomic E-state index is 13.6. The fourth-order valence-corrected chi connectivity index (χ4v) is 4.41. The highest BCUT2D eigenvalue weighted by Gasteiger charge is 2.37. The van der Waals surface area contributed by atoms with Crippen LogP contribution in [0.25, 0.3) is 22.2 Å². The van der Waals surface area contributed by atoms with Crippen LogP contribution >= 0.6 is 23.2 Å². The average molecular weight is 549 g/mol. The number of nitrogens with one attached hydrogen (secondary N) is 1. The largest absolute Gasteiger partial charge is 0.467 e. The summed E-state index contributed by atoms with van der Waals surface area (Å²) in [5.74, 6) is -1.45. The smallest absolute Gasteiger partial charge is 0.435 e. The standard InChI is InChI=1S/C25H17Cl2F3N4O3/c1-37-24(36)18(34-23(35)19-16(26)5-2-6-17(19)27)12-13-7-8-15(14-4-3-9-31-20(13)14)21-22(25(28,29)30)33-11-10-32-21/h2-11,18H,12H2,1H3,(H,34,35)/t18-/m0/s1. The van der Waals surface area contributed by atoms with Crippen molar-refractivity contribution in [1.82, 2.24) is 20.3 Å². The second-order valence-electron chi connectivity index (χ2n) is 7.77. The van der Waals surface area contributed by atoms with Crippen LogP contribution in [0.2, 0.25) is 10.0 Å². The Morgan fingerprint density at radius 2 is 1.68 bits per heavy atom. The molecule has 190 valence electrons. The summed E-state index contributed by atoms with van der Waals surface area (Å²) in [5.41, 5.74) is -0.556. The quantitative estimate of drug-likeness (QED) is 0.318. The number of halogens is 5. The van der Waals surface area contributed by atoms with Crippen LogP contribution in [0.4, 0.5) is 13.2 Å². The SMILES string of the molecule is COC(=O)[C@H](Cc1ccc(-c2nccnc2C(F)(F)F)c2cccnc12)NC(=O)c1c(Cl)cccc1Cl. The van der Waals surface area contributed by atoms with Gasteiger partial charge < -0.3 is 10.1 Å². The van der Waals surface area contributed by atoms with Gasteiger partial charge in [-0.3, -0.25) is 14.8 Å². The molecule has 1 amide bonds. The molecule has 4 rings (SSSR count). The summed E-state index contributed by atoms with van der Waals surface area (Å²) in [6, 6.07) is 9.47. The lowest BCUT2D eigenvalue weighted by molar-refractivity contribution is -0.143. The van der Waals surface area contributed by atoms with Crippen molar-refractivity contribution in [2.75, 3.05) is 7.11 Å². The molecule has 4 aromatic rings. The normalized spacial score (nSPS) is 12.3. The van der Waals surface area contributed by atoms with Gasteiger partial charge in [-0.25, -0.2) is 9.78 Å². The zero-order valence-corrected chi connectivity index (χ0v) is 20.5. The maximum atomic E-state index is 13.6. The van der Waals surface area contributed by atoms with Gasteiger partial charge in [0.05, 0.1) is 28.2 Å². The topological polar surface area (TPSA) is 94.1 Å². The lowest BCUT2D eigenvalue weighted by atomic mass is 9.96. The van der Waals surface area contributed by atoms with E-state index in [1.54, 1.807) is 18.2 Å². The van der Waals surface area contributed by atoms with Crippen molar-refractivity contribution < 1.29 is 27.5 Å². The molecule has 2 heterocycles. The number of nitrogens with zero attached hydrogens (tertiary/aromatic N) is 3. The van der Waals surface area contributed by atoms with E-state index in [1.807, 2.05) is 0 Å². The molecule has 37 heavy (non-hydrogen) atoms. The number of aromatic nitrogens is 3. The second-order valence-corrected chi connectivity index (χ2v) is 8.59. The first-order chi connectivity index (χ1) is 17.6. The Hall–Kier alpha value is -3.76. The molecule has 0 fully saturated rings. The van der Waals surface area contributed by atoms with Gasteiger partial charge in [0, 0.05) is 36.0 Å². The monoisotopic (exact) mass is 548 g/mol. The van der Waals surface area contributed by atoms with E-state index in [0.717, 1.165) is 13.3 Å². The second kappa shape index (κ2) is 10.7. The van der Waals surface area contributed by atoms with Crippen molar-refractivity contribution in [2.24, 2.45) is 0 Å². The lowest BCUT2D eigenvalue weighted by Gasteiger charge is -2.19. The van der Waals surface area contributed by atoms with Gasteiger partial charge in [0.1, 0.15) is 11.7 Å². The summed E-state index contributed by atoms with van der Waals surface area (Å²) in [4.78, 5) is 37.2. The number of rotatable bonds is 6. The van der Waals surface area contributed by atoms with Crippen molar-refractivity contribution in [1.29, 1.82) is 0 Å². The van der Waals surface area contributed by atoms with Gasteiger partial charge in [-0.2, -0.15) is 13.2 Å². The molecule has 0 bridgehead atoms. The molecule has 0 aliphatic rings. The minimum absolute atomic E-state index is 0.0135. The highest BCUT2D eigenvalue weighted by molar-refractivity contribution is 6.39. The van der Waals surface area contributed by atoms with Gasteiger partial charge in [-0.05, 0) is 23.8 Å². The molecular weight excluding hydrogens is 532 g/mol. The van der Waals surface area contributed by atoms with E-state index in [4.69, 9.17) is 27.9 Å². The number of hydrogen-bond donors (Lipinski definition) is 1. The molecule has 2 aromatic heterocycles. The number of carbonyl (C=O) groups excluding carboxylic acids is 2. The van der Waals surface area contributed by atoms with E-state index in [0.29, 0.717) is 16.5 Å².